The zero-order valence-electron chi connectivity index (χ0n) is 14.0. The first-order valence-corrected chi connectivity index (χ1v) is 8.21. The van der Waals surface area contributed by atoms with Crippen molar-refractivity contribution in [2.75, 3.05) is 20.2 Å². The molecule has 2 unspecified atom stereocenters. The number of rotatable bonds is 5. The largest absolute Gasteiger partial charge is 0.497 e. The van der Waals surface area contributed by atoms with Crippen LogP contribution in [0.4, 0.5) is 0 Å². The van der Waals surface area contributed by atoms with Crippen molar-refractivity contribution in [1.82, 2.24) is 10.2 Å². The molecular weight excluding hydrogens is 310 g/mol. The molecule has 1 aliphatic rings. The van der Waals surface area contributed by atoms with E-state index in [4.69, 9.17) is 17.0 Å². The van der Waals surface area contributed by atoms with E-state index in [1.54, 1.807) is 7.11 Å². The van der Waals surface area contributed by atoms with E-state index in [0.717, 1.165) is 17.0 Å². The average molecular weight is 333 g/mol. The van der Waals surface area contributed by atoms with Gasteiger partial charge >= 0.3 is 0 Å². The molecule has 0 spiro atoms. The van der Waals surface area contributed by atoms with Crippen LogP contribution in [0.3, 0.4) is 0 Å². The van der Waals surface area contributed by atoms with Gasteiger partial charge in [-0.05, 0) is 50.7 Å². The van der Waals surface area contributed by atoms with Gasteiger partial charge < -0.3 is 15.0 Å². The highest BCUT2D eigenvalue weighted by Gasteiger charge is 2.37. The summed E-state index contributed by atoms with van der Waals surface area (Å²) >= 11 is 5.22. The van der Waals surface area contributed by atoms with Crippen molar-refractivity contribution < 1.29 is 9.53 Å². The number of nitrogens with zero attached hydrogens (tertiary/aromatic N) is 2. The number of nitrogens with one attached hydrogen (secondary N) is 1. The average Bonchev–Trinajstić information content (AvgIpc) is 2.55. The number of methoxy groups -OCH3 is 1. The fourth-order valence-electron chi connectivity index (χ4n) is 2.86. The van der Waals surface area contributed by atoms with Gasteiger partial charge in [0.15, 0.2) is 5.11 Å². The SMILES string of the molecule is CCN(CC)C(=O)C1C(C)=NC(=S)NC1c1ccc(OC)cc1. The molecule has 23 heavy (non-hydrogen) atoms. The van der Waals surface area contributed by atoms with Crippen LogP contribution in [0.1, 0.15) is 32.4 Å². The minimum atomic E-state index is -0.352. The molecule has 0 bridgehead atoms. The molecule has 1 aliphatic heterocycles. The van der Waals surface area contributed by atoms with Crippen LogP contribution in [0.5, 0.6) is 5.75 Å². The van der Waals surface area contributed by atoms with Gasteiger partial charge in [-0.1, -0.05) is 12.1 Å². The lowest BCUT2D eigenvalue weighted by Gasteiger charge is -2.34. The van der Waals surface area contributed by atoms with Gasteiger partial charge in [-0.25, -0.2) is 4.99 Å². The Kier molecular flexibility index (Phi) is 5.71. The second-order valence-corrected chi connectivity index (χ2v) is 5.83. The molecule has 0 fully saturated rings. The Labute approximate surface area is 142 Å². The van der Waals surface area contributed by atoms with Gasteiger partial charge in [0.1, 0.15) is 11.7 Å². The van der Waals surface area contributed by atoms with Crippen LogP contribution in [-0.4, -0.2) is 41.8 Å². The third-order valence-electron chi connectivity index (χ3n) is 4.16. The first-order valence-electron chi connectivity index (χ1n) is 7.80. The highest BCUT2D eigenvalue weighted by molar-refractivity contribution is 7.80. The Morgan fingerprint density at radius 1 is 1.30 bits per heavy atom. The normalized spacial score (nSPS) is 20.5. The number of ether oxygens (including phenoxy) is 1. The Balaban J connectivity index is 2.39. The van der Waals surface area contributed by atoms with Crippen molar-refractivity contribution in [3.63, 3.8) is 0 Å². The van der Waals surface area contributed by atoms with E-state index >= 15 is 0 Å². The third kappa shape index (κ3) is 3.69. The second kappa shape index (κ2) is 7.55. The number of carbonyl (C=O) groups excluding carboxylic acids is 1. The van der Waals surface area contributed by atoms with Gasteiger partial charge in [0, 0.05) is 18.8 Å². The maximum atomic E-state index is 12.9. The van der Waals surface area contributed by atoms with Crippen LogP contribution >= 0.6 is 12.2 Å². The van der Waals surface area contributed by atoms with Crippen molar-refractivity contribution >= 4 is 28.9 Å². The molecule has 1 heterocycles. The molecule has 0 radical (unpaired) electrons. The molecule has 6 heteroatoms. The van der Waals surface area contributed by atoms with Gasteiger partial charge in [-0.2, -0.15) is 0 Å². The van der Waals surface area contributed by atoms with E-state index in [0.29, 0.717) is 18.2 Å². The van der Waals surface area contributed by atoms with Gasteiger partial charge in [0.2, 0.25) is 5.91 Å². The van der Waals surface area contributed by atoms with Gasteiger partial charge in [0.25, 0.3) is 0 Å². The van der Waals surface area contributed by atoms with Crippen LogP contribution in [0.15, 0.2) is 29.3 Å². The lowest BCUT2D eigenvalue weighted by atomic mass is 9.87. The third-order valence-corrected chi connectivity index (χ3v) is 4.37. The summed E-state index contributed by atoms with van der Waals surface area (Å²) in [7, 11) is 1.63. The fourth-order valence-corrected chi connectivity index (χ4v) is 3.13. The van der Waals surface area contributed by atoms with Gasteiger partial charge in [-0.15, -0.1) is 0 Å². The zero-order valence-corrected chi connectivity index (χ0v) is 14.8. The van der Waals surface area contributed by atoms with Crippen molar-refractivity contribution in [3.05, 3.63) is 29.8 Å². The van der Waals surface area contributed by atoms with Crippen LogP contribution < -0.4 is 10.1 Å². The zero-order chi connectivity index (χ0) is 17.0. The van der Waals surface area contributed by atoms with E-state index in [1.165, 1.54) is 0 Å². The Morgan fingerprint density at radius 2 is 1.91 bits per heavy atom. The van der Waals surface area contributed by atoms with Crippen molar-refractivity contribution in [3.8, 4) is 5.75 Å². The number of hydrogen-bond donors (Lipinski definition) is 1. The monoisotopic (exact) mass is 333 g/mol. The molecule has 5 nitrogen and oxygen atoms in total. The number of thiocarbonyl (C=S) groups is 1. The van der Waals surface area contributed by atoms with E-state index in [2.05, 4.69) is 10.3 Å². The molecule has 0 saturated heterocycles. The first-order chi connectivity index (χ1) is 11.0. The summed E-state index contributed by atoms with van der Waals surface area (Å²) in [5.41, 5.74) is 1.75. The predicted octanol–water partition coefficient (Wildman–Crippen LogP) is 2.57. The summed E-state index contributed by atoms with van der Waals surface area (Å²) in [6.45, 7) is 7.20. The van der Waals surface area contributed by atoms with Crippen molar-refractivity contribution in [2.45, 2.75) is 26.8 Å². The van der Waals surface area contributed by atoms with E-state index < -0.39 is 0 Å². The summed E-state index contributed by atoms with van der Waals surface area (Å²) in [5, 5.41) is 3.61. The summed E-state index contributed by atoms with van der Waals surface area (Å²) < 4.78 is 5.20. The second-order valence-electron chi connectivity index (χ2n) is 5.44. The lowest BCUT2D eigenvalue weighted by Crippen LogP contribution is -2.48. The molecule has 124 valence electrons. The smallest absolute Gasteiger partial charge is 0.233 e. The van der Waals surface area contributed by atoms with E-state index in [9.17, 15) is 4.79 Å². The Morgan fingerprint density at radius 3 is 2.43 bits per heavy atom. The first kappa shape index (κ1) is 17.4. The van der Waals surface area contributed by atoms with E-state index in [1.807, 2.05) is 49.9 Å². The molecule has 0 aliphatic carbocycles. The summed E-state index contributed by atoms with van der Waals surface area (Å²) in [6, 6.07) is 7.49. The predicted molar refractivity (Wildman–Crippen MR) is 96.0 cm³/mol. The minimum absolute atomic E-state index is 0.0760. The maximum absolute atomic E-state index is 12.9. The number of carbonyl (C=O) groups is 1. The lowest BCUT2D eigenvalue weighted by molar-refractivity contribution is -0.133. The molecule has 1 amide bonds. The Bertz CT molecular complexity index is 609. The molecule has 1 N–H and O–H groups in total. The molecular formula is C17H23N3O2S. The van der Waals surface area contributed by atoms with Gasteiger partial charge in [-0.3, -0.25) is 4.79 Å². The van der Waals surface area contributed by atoms with Crippen LogP contribution in [0.2, 0.25) is 0 Å². The quantitative estimate of drug-likeness (QED) is 0.842. The van der Waals surface area contributed by atoms with Gasteiger partial charge in [0.05, 0.1) is 13.2 Å². The molecule has 0 aromatic heterocycles. The number of amides is 1. The Hall–Kier alpha value is -1.95. The summed E-state index contributed by atoms with van der Waals surface area (Å²) in [4.78, 5) is 19.1. The number of benzene rings is 1. The maximum Gasteiger partial charge on any atom is 0.233 e. The molecule has 2 rings (SSSR count). The molecule has 1 aromatic carbocycles. The standard InChI is InChI=1S/C17H23N3O2S/c1-5-20(6-2)16(21)14-11(3)18-17(23)19-15(14)12-7-9-13(22-4)10-8-12/h7-10,14-15H,5-6H2,1-4H3,(H,19,23). The van der Waals surface area contributed by atoms with Crippen molar-refractivity contribution in [1.29, 1.82) is 0 Å². The van der Waals surface area contributed by atoms with Crippen LogP contribution in [0.25, 0.3) is 0 Å². The highest BCUT2D eigenvalue weighted by Crippen LogP contribution is 2.29. The minimum Gasteiger partial charge on any atom is -0.497 e. The highest BCUT2D eigenvalue weighted by atomic mass is 32.1. The molecule has 2 atom stereocenters. The number of aliphatic imine (C=N–C) groups is 1. The van der Waals surface area contributed by atoms with Crippen LogP contribution in [-0.2, 0) is 4.79 Å². The molecule has 0 saturated carbocycles. The fraction of sp³-hybridized carbons (Fsp3) is 0.471. The summed E-state index contributed by atoms with van der Waals surface area (Å²) in [6.07, 6.45) is 0. The molecule has 1 aromatic rings. The van der Waals surface area contributed by atoms with Crippen molar-refractivity contribution in [2.24, 2.45) is 10.9 Å². The number of hydrogen-bond acceptors (Lipinski definition) is 3. The van der Waals surface area contributed by atoms with E-state index in [-0.39, 0.29) is 17.9 Å². The topological polar surface area (TPSA) is 53.9 Å². The summed E-state index contributed by atoms with van der Waals surface area (Å²) in [5.74, 6) is 0.506. The van der Waals surface area contributed by atoms with Crippen LogP contribution in [0, 0.1) is 5.92 Å².